The minimum atomic E-state index is -0.191. The Morgan fingerprint density at radius 1 is 0.914 bits per heavy atom. The van der Waals surface area contributed by atoms with Crippen molar-refractivity contribution in [3.8, 4) is 11.1 Å². The van der Waals surface area contributed by atoms with Gasteiger partial charge in [-0.2, -0.15) is 0 Å². The van der Waals surface area contributed by atoms with E-state index < -0.39 is 0 Å². The number of ether oxygens (including phenoxy) is 1. The van der Waals surface area contributed by atoms with Crippen molar-refractivity contribution in [2.45, 2.75) is 56.0 Å². The van der Waals surface area contributed by atoms with E-state index in [0.29, 0.717) is 6.54 Å². The van der Waals surface area contributed by atoms with Crippen molar-refractivity contribution in [1.82, 2.24) is 4.98 Å². The molecule has 2 aromatic carbocycles. The predicted octanol–water partition coefficient (Wildman–Crippen LogP) is 6.91. The molecule has 188 valence electrons. The van der Waals surface area contributed by atoms with Gasteiger partial charge in [0.2, 0.25) is 0 Å². The van der Waals surface area contributed by atoms with Crippen molar-refractivity contribution in [3.63, 3.8) is 0 Å². The quantitative estimate of drug-likeness (QED) is 0.387. The van der Waals surface area contributed by atoms with Gasteiger partial charge < -0.3 is 10.5 Å². The van der Waals surface area contributed by atoms with Gasteiger partial charge in [-0.25, -0.2) is 4.39 Å². The van der Waals surface area contributed by atoms with E-state index in [0.717, 1.165) is 38.7 Å². The molecular formula is C29H35Cl2FN2O. The van der Waals surface area contributed by atoms with Gasteiger partial charge in [-0.3, -0.25) is 4.98 Å². The van der Waals surface area contributed by atoms with E-state index in [9.17, 15) is 4.39 Å². The number of benzene rings is 2. The van der Waals surface area contributed by atoms with Gasteiger partial charge in [0.1, 0.15) is 5.82 Å². The fraction of sp³-hybridized carbons (Fsp3) is 0.414. The summed E-state index contributed by atoms with van der Waals surface area (Å²) in [5, 5.41) is 0. The zero-order valence-corrected chi connectivity index (χ0v) is 21.6. The lowest BCUT2D eigenvalue weighted by Crippen LogP contribution is -2.52. The Morgan fingerprint density at radius 2 is 1.60 bits per heavy atom. The van der Waals surface area contributed by atoms with Crippen molar-refractivity contribution in [3.05, 3.63) is 90.0 Å². The number of nitrogens with zero attached hydrogens (tertiary/aromatic N) is 1. The van der Waals surface area contributed by atoms with Gasteiger partial charge in [-0.15, -0.1) is 24.8 Å². The molecule has 2 fully saturated rings. The summed E-state index contributed by atoms with van der Waals surface area (Å²) >= 11 is 0. The van der Waals surface area contributed by atoms with E-state index in [-0.39, 0.29) is 47.6 Å². The fourth-order valence-corrected chi connectivity index (χ4v) is 6.40. The Hall–Kier alpha value is -1.98. The molecule has 2 N–H and O–H groups in total. The summed E-state index contributed by atoms with van der Waals surface area (Å²) in [6.07, 6.45) is 11.1. The largest absolute Gasteiger partial charge is 0.375 e. The predicted molar refractivity (Wildman–Crippen MR) is 145 cm³/mol. The van der Waals surface area contributed by atoms with Crippen molar-refractivity contribution in [1.29, 1.82) is 0 Å². The second kappa shape index (κ2) is 11.8. The maximum Gasteiger partial charge on any atom is 0.123 e. The Balaban J connectivity index is 0.00000171. The number of aromatic nitrogens is 1. The zero-order valence-electron chi connectivity index (χ0n) is 20.0. The molecule has 0 amide bonds. The van der Waals surface area contributed by atoms with Gasteiger partial charge >= 0.3 is 0 Å². The molecule has 0 radical (unpaired) electrons. The van der Waals surface area contributed by atoms with Crippen LogP contribution < -0.4 is 5.73 Å². The highest BCUT2D eigenvalue weighted by atomic mass is 35.5. The van der Waals surface area contributed by atoms with E-state index in [1.54, 1.807) is 12.1 Å². The Kier molecular flexibility index (Phi) is 9.34. The van der Waals surface area contributed by atoms with Crippen LogP contribution >= 0.6 is 24.8 Å². The molecule has 1 saturated heterocycles. The first-order valence-corrected chi connectivity index (χ1v) is 12.2. The lowest BCUT2D eigenvalue weighted by atomic mass is 9.59. The topological polar surface area (TPSA) is 48.1 Å². The first-order chi connectivity index (χ1) is 16.1. The summed E-state index contributed by atoms with van der Waals surface area (Å²) in [6, 6.07) is 19.9. The summed E-state index contributed by atoms with van der Waals surface area (Å²) in [4.78, 5) is 4.19. The standard InChI is InChI=1S/C29H33FN2O.2ClH/c30-26-9-7-24(8-10-26)29(15-18-33-28(21-29)13-3-4-14-28)25(20-31)19-23-5-1-2-6-27(23)22-11-16-32-17-12-22;;/h1-2,5-12,16-17,25H,3-4,13-15,18-21,31H2;2*1H/t25-,29?;;/m0../s1. The minimum Gasteiger partial charge on any atom is -0.375 e. The van der Waals surface area contributed by atoms with E-state index in [4.69, 9.17) is 10.5 Å². The van der Waals surface area contributed by atoms with E-state index in [1.165, 1.54) is 35.1 Å². The average Bonchev–Trinajstić information content (AvgIpc) is 3.30. The molecule has 1 saturated carbocycles. The highest BCUT2D eigenvalue weighted by molar-refractivity contribution is 5.85. The van der Waals surface area contributed by atoms with Gasteiger partial charge in [0, 0.05) is 24.4 Å². The molecule has 3 nitrogen and oxygen atoms in total. The highest BCUT2D eigenvalue weighted by Crippen LogP contribution is 2.52. The van der Waals surface area contributed by atoms with Gasteiger partial charge in [0.25, 0.3) is 0 Å². The van der Waals surface area contributed by atoms with Crippen LogP contribution in [0.4, 0.5) is 4.39 Å². The lowest BCUT2D eigenvalue weighted by Gasteiger charge is -2.51. The third-order valence-electron chi connectivity index (χ3n) is 8.07. The van der Waals surface area contributed by atoms with E-state index in [1.807, 2.05) is 24.5 Å². The summed E-state index contributed by atoms with van der Waals surface area (Å²) in [7, 11) is 0. The van der Waals surface area contributed by atoms with Crippen LogP contribution in [0.3, 0.4) is 0 Å². The molecule has 2 aliphatic rings. The van der Waals surface area contributed by atoms with Crippen molar-refractivity contribution < 1.29 is 9.13 Å². The van der Waals surface area contributed by atoms with Crippen LogP contribution in [-0.2, 0) is 16.6 Å². The van der Waals surface area contributed by atoms with Gasteiger partial charge in [-0.1, -0.05) is 49.2 Å². The molecule has 1 unspecified atom stereocenters. The molecule has 35 heavy (non-hydrogen) atoms. The van der Waals surface area contributed by atoms with Gasteiger partial charge in [0.15, 0.2) is 0 Å². The number of hydrogen-bond donors (Lipinski definition) is 1. The zero-order chi connectivity index (χ0) is 22.7. The van der Waals surface area contributed by atoms with Crippen LogP contribution in [0.2, 0.25) is 0 Å². The highest BCUT2D eigenvalue weighted by Gasteiger charge is 2.51. The molecular weight excluding hydrogens is 482 g/mol. The SMILES string of the molecule is Cl.Cl.NC[C@H](Cc1ccccc1-c1ccncc1)C1(c2ccc(F)cc2)CCOC2(CCCC2)C1. The summed E-state index contributed by atoms with van der Waals surface area (Å²) < 4.78 is 20.3. The molecule has 5 rings (SSSR count). The second-order valence-corrected chi connectivity index (χ2v) is 9.86. The maximum atomic E-state index is 13.9. The monoisotopic (exact) mass is 516 g/mol. The summed E-state index contributed by atoms with van der Waals surface area (Å²) in [5.41, 5.74) is 11.3. The smallest absolute Gasteiger partial charge is 0.123 e. The molecule has 1 aliphatic heterocycles. The first-order valence-electron chi connectivity index (χ1n) is 12.2. The Labute approximate surface area is 220 Å². The minimum absolute atomic E-state index is 0. The molecule has 0 bridgehead atoms. The van der Waals surface area contributed by atoms with Crippen molar-refractivity contribution >= 4 is 24.8 Å². The molecule has 3 aromatic rings. The van der Waals surface area contributed by atoms with Crippen LogP contribution in [0.1, 0.15) is 49.7 Å². The first kappa shape index (κ1) is 27.6. The third kappa shape index (κ3) is 5.56. The Bertz CT molecular complexity index is 1070. The molecule has 2 heterocycles. The maximum absolute atomic E-state index is 13.9. The number of halogens is 3. The molecule has 1 aromatic heterocycles. The molecule has 2 atom stereocenters. The third-order valence-corrected chi connectivity index (χ3v) is 8.07. The number of nitrogens with two attached hydrogens (primary N) is 1. The van der Waals surface area contributed by atoms with E-state index >= 15 is 0 Å². The number of hydrogen-bond acceptors (Lipinski definition) is 3. The average molecular weight is 518 g/mol. The van der Waals surface area contributed by atoms with Crippen LogP contribution in [0.15, 0.2) is 73.1 Å². The molecule has 1 aliphatic carbocycles. The van der Waals surface area contributed by atoms with E-state index in [2.05, 4.69) is 41.4 Å². The van der Waals surface area contributed by atoms with Crippen molar-refractivity contribution in [2.75, 3.05) is 13.2 Å². The van der Waals surface area contributed by atoms with Gasteiger partial charge in [-0.05, 0) is 91.1 Å². The lowest BCUT2D eigenvalue weighted by molar-refractivity contribution is -0.113. The molecule has 6 heteroatoms. The summed E-state index contributed by atoms with van der Waals surface area (Å²) in [6.45, 7) is 1.32. The molecule has 1 spiro atoms. The van der Waals surface area contributed by atoms with Crippen LogP contribution in [0, 0.1) is 11.7 Å². The van der Waals surface area contributed by atoms with Crippen LogP contribution in [0.5, 0.6) is 0 Å². The van der Waals surface area contributed by atoms with Crippen LogP contribution in [0.25, 0.3) is 11.1 Å². The number of pyridine rings is 1. The summed E-state index contributed by atoms with van der Waals surface area (Å²) in [5.74, 6) is 0.0381. The van der Waals surface area contributed by atoms with Gasteiger partial charge in [0.05, 0.1) is 5.60 Å². The second-order valence-electron chi connectivity index (χ2n) is 9.86. The normalized spacial score (nSPS) is 21.7. The number of rotatable bonds is 6. The Morgan fingerprint density at radius 3 is 2.29 bits per heavy atom. The van der Waals surface area contributed by atoms with Crippen LogP contribution in [-0.4, -0.2) is 23.7 Å². The van der Waals surface area contributed by atoms with Crippen molar-refractivity contribution in [2.24, 2.45) is 11.7 Å². The fourth-order valence-electron chi connectivity index (χ4n) is 6.40.